The van der Waals surface area contributed by atoms with Crippen LogP contribution in [0.15, 0.2) is 27.7 Å². The molecule has 0 aliphatic carbocycles. The fourth-order valence-electron chi connectivity index (χ4n) is 1.39. The lowest BCUT2D eigenvalue weighted by atomic mass is 10.2. The van der Waals surface area contributed by atoms with Crippen molar-refractivity contribution in [2.75, 3.05) is 11.1 Å². The van der Waals surface area contributed by atoms with Crippen molar-refractivity contribution in [3.05, 3.63) is 28.2 Å². The SMILES string of the molecule is Cc1ccc(Br)cc1NC1=NC(C)CS1. The third kappa shape index (κ3) is 2.75. The number of aryl methyl sites for hydroxylation is 1. The van der Waals surface area contributed by atoms with E-state index < -0.39 is 0 Å². The first kappa shape index (κ1) is 11.0. The van der Waals surface area contributed by atoms with E-state index in [9.17, 15) is 0 Å². The van der Waals surface area contributed by atoms with Crippen molar-refractivity contribution < 1.29 is 0 Å². The Bertz CT molecular complexity index is 404. The molecule has 0 amide bonds. The van der Waals surface area contributed by atoms with Gasteiger partial charge in [-0.05, 0) is 31.5 Å². The second kappa shape index (κ2) is 4.58. The Balaban J connectivity index is 2.17. The molecular formula is C11H13BrN2S. The van der Waals surface area contributed by atoms with E-state index >= 15 is 0 Å². The van der Waals surface area contributed by atoms with Crippen molar-refractivity contribution in [1.82, 2.24) is 0 Å². The molecule has 1 aliphatic rings. The fourth-order valence-corrected chi connectivity index (χ4v) is 2.66. The zero-order chi connectivity index (χ0) is 10.8. The first-order valence-corrected chi connectivity index (χ1v) is 6.67. The molecule has 2 nitrogen and oxygen atoms in total. The Morgan fingerprint density at radius 3 is 3.00 bits per heavy atom. The monoisotopic (exact) mass is 284 g/mol. The van der Waals surface area contributed by atoms with Crippen molar-refractivity contribution in [3.63, 3.8) is 0 Å². The standard InChI is InChI=1S/C11H13BrN2S/c1-7-3-4-9(12)5-10(7)14-11-13-8(2)6-15-11/h3-5,8H,6H2,1-2H3,(H,13,14). The fraction of sp³-hybridized carbons (Fsp3) is 0.364. The minimum Gasteiger partial charge on any atom is -0.335 e. The van der Waals surface area contributed by atoms with Gasteiger partial charge in [-0.25, -0.2) is 0 Å². The Hall–Kier alpha value is -0.480. The van der Waals surface area contributed by atoms with Crippen molar-refractivity contribution in [3.8, 4) is 0 Å². The van der Waals surface area contributed by atoms with Gasteiger partial charge in [-0.3, -0.25) is 4.99 Å². The highest BCUT2D eigenvalue weighted by molar-refractivity contribution is 9.10. The second-order valence-corrected chi connectivity index (χ2v) is 5.60. The molecule has 0 saturated carbocycles. The number of thioether (sulfide) groups is 1. The zero-order valence-corrected chi connectivity index (χ0v) is 11.2. The van der Waals surface area contributed by atoms with E-state index in [0.29, 0.717) is 6.04 Å². The normalized spacial score (nSPS) is 20.2. The zero-order valence-electron chi connectivity index (χ0n) is 8.75. The van der Waals surface area contributed by atoms with Gasteiger partial charge < -0.3 is 5.32 Å². The van der Waals surface area contributed by atoms with Crippen LogP contribution in [0.5, 0.6) is 0 Å². The number of nitrogens with one attached hydrogen (secondary N) is 1. The number of nitrogens with zero attached hydrogens (tertiary/aromatic N) is 1. The van der Waals surface area contributed by atoms with Gasteiger partial charge in [0.05, 0.1) is 6.04 Å². The van der Waals surface area contributed by atoms with E-state index in [1.807, 2.05) is 6.07 Å². The Labute approximate surface area is 103 Å². The summed E-state index contributed by atoms with van der Waals surface area (Å²) in [4.78, 5) is 4.51. The number of hydrogen-bond acceptors (Lipinski definition) is 3. The summed E-state index contributed by atoms with van der Waals surface area (Å²) in [5.41, 5.74) is 2.37. The van der Waals surface area contributed by atoms with E-state index in [2.05, 4.69) is 52.2 Å². The van der Waals surface area contributed by atoms with Crippen LogP contribution in [0.3, 0.4) is 0 Å². The number of halogens is 1. The van der Waals surface area contributed by atoms with Crippen LogP contribution in [0.4, 0.5) is 5.69 Å². The van der Waals surface area contributed by atoms with Crippen LogP contribution in [-0.4, -0.2) is 17.0 Å². The summed E-state index contributed by atoms with van der Waals surface area (Å²) in [6.45, 7) is 4.23. The molecule has 15 heavy (non-hydrogen) atoms. The molecule has 1 unspecified atom stereocenters. The quantitative estimate of drug-likeness (QED) is 0.851. The molecule has 0 saturated heterocycles. The lowest BCUT2D eigenvalue weighted by molar-refractivity contribution is 0.865. The average molecular weight is 285 g/mol. The van der Waals surface area contributed by atoms with Gasteiger partial charge in [-0.2, -0.15) is 0 Å². The van der Waals surface area contributed by atoms with E-state index in [0.717, 1.165) is 21.1 Å². The number of benzene rings is 1. The Morgan fingerprint density at radius 1 is 1.53 bits per heavy atom. The molecule has 1 heterocycles. The van der Waals surface area contributed by atoms with E-state index in [-0.39, 0.29) is 0 Å². The summed E-state index contributed by atoms with van der Waals surface area (Å²) in [5.74, 6) is 1.08. The summed E-state index contributed by atoms with van der Waals surface area (Å²) in [6.07, 6.45) is 0. The highest BCUT2D eigenvalue weighted by Gasteiger charge is 2.14. The van der Waals surface area contributed by atoms with Crippen LogP contribution in [0.1, 0.15) is 12.5 Å². The van der Waals surface area contributed by atoms with Crippen molar-refractivity contribution >= 4 is 38.5 Å². The molecule has 0 aromatic heterocycles. The maximum Gasteiger partial charge on any atom is 0.161 e. The van der Waals surface area contributed by atoms with E-state index in [4.69, 9.17) is 0 Å². The van der Waals surface area contributed by atoms with Crippen LogP contribution in [0.25, 0.3) is 0 Å². The van der Waals surface area contributed by atoms with E-state index in [1.54, 1.807) is 11.8 Å². The topological polar surface area (TPSA) is 24.4 Å². The second-order valence-electron chi connectivity index (χ2n) is 3.68. The molecule has 1 aromatic carbocycles. The van der Waals surface area contributed by atoms with Crippen LogP contribution in [0.2, 0.25) is 0 Å². The minimum atomic E-state index is 0.435. The van der Waals surface area contributed by atoms with Crippen LogP contribution < -0.4 is 5.32 Å². The van der Waals surface area contributed by atoms with E-state index in [1.165, 1.54) is 5.56 Å². The van der Waals surface area contributed by atoms with Crippen molar-refractivity contribution in [2.45, 2.75) is 19.9 Å². The van der Waals surface area contributed by atoms with Crippen molar-refractivity contribution in [1.29, 1.82) is 0 Å². The molecule has 80 valence electrons. The third-order valence-electron chi connectivity index (χ3n) is 2.24. The molecule has 4 heteroatoms. The lowest BCUT2D eigenvalue weighted by Crippen LogP contribution is -2.06. The maximum absolute atomic E-state index is 4.51. The summed E-state index contributed by atoms with van der Waals surface area (Å²) < 4.78 is 1.09. The molecule has 0 fully saturated rings. The molecule has 0 spiro atoms. The third-order valence-corrected chi connectivity index (χ3v) is 3.86. The molecule has 0 radical (unpaired) electrons. The highest BCUT2D eigenvalue weighted by atomic mass is 79.9. The Kier molecular flexibility index (Phi) is 3.36. The number of rotatable bonds is 1. The summed E-state index contributed by atoms with van der Waals surface area (Å²) in [6, 6.07) is 6.66. The van der Waals surface area contributed by atoms with Gasteiger partial charge in [0.2, 0.25) is 0 Å². The van der Waals surface area contributed by atoms with Gasteiger partial charge in [-0.1, -0.05) is 33.8 Å². The molecule has 1 aromatic rings. The predicted octanol–water partition coefficient (Wildman–Crippen LogP) is 3.66. The minimum absolute atomic E-state index is 0.435. The predicted molar refractivity (Wildman–Crippen MR) is 71.9 cm³/mol. The molecule has 1 N–H and O–H groups in total. The van der Waals surface area contributed by atoms with Crippen LogP contribution >= 0.6 is 27.7 Å². The summed E-state index contributed by atoms with van der Waals surface area (Å²) in [5, 5.41) is 4.39. The molecule has 2 rings (SSSR count). The Morgan fingerprint density at radius 2 is 2.33 bits per heavy atom. The van der Waals surface area contributed by atoms with Gasteiger partial charge in [0.15, 0.2) is 5.17 Å². The molecule has 0 bridgehead atoms. The largest absolute Gasteiger partial charge is 0.335 e. The molecule has 1 atom stereocenters. The number of amidine groups is 1. The molecule has 1 aliphatic heterocycles. The van der Waals surface area contributed by atoms with Crippen LogP contribution in [0, 0.1) is 6.92 Å². The smallest absolute Gasteiger partial charge is 0.161 e. The maximum atomic E-state index is 4.51. The van der Waals surface area contributed by atoms with Gasteiger partial charge in [0.1, 0.15) is 0 Å². The highest BCUT2D eigenvalue weighted by Crippen LogP contribution is 2.24. The average Bonchev–Trinajstić information content (AvgIpc) is 2.58. The van der Waals surface area contributed by atoms with Gasteiger partial charge >= 0.3 is 0 Å². The van der Waals surface area contributed by atoms with Gasteiger partial charge in [0, 0.05) is 15.9 Å². The number of hydrogen-bond donors (Lipinski definition) is 1. The summed E-state index contributed by atoms with van der Waals surface area (Å²) >= 11 is 5.25. The van der Waals surface area contributed by atoms with Crippen molar-refractivity contribution in [2.24, 2.45) is 4.99 Å². The number of aliphatic imine (C=N–C) groups is 1. The van der Waals surface area contributed by atoms with Crippen LogP contribution in [-0.2, 0) is 0 Å². The number of anilines is 1. The van der Waals surface area contributed by atoms with Gasteiger partial charge in [-0.15, -0.1) is 0 Å². The first-order chi connectivity index (χ1) is 7.15. The first-order valence-electron chi connectivity index (χ1n) is 4.89. The van der Waals surface area contributed by atoms with Gasteiger partial charge in [0.25, 0.3) is 0 Å². The molecular weight excluding hydrogens is 272 g/mol. The summed E-state index contributed by atoms with van der Waals surface area (Å²) in [7, 11) is 0. The lowest BCUT2D eigenvalue weighted by Gasteiger charge is -2.08.